The van der Waals surface area contributed by atoms with E-state index in [0.717, 1.165) is 18.6 Å². The van der Waals surface area contributed by atoms with Crippen LogP contribution in [0.3, 0.4) is 0 Å². The Morgan fingerprint density at radius 2 is 1.93 bits per heavy atom. The van der Waals surface area contributed by atoms with Gasteiger partial charge in [0.15, 0.2) is 0 Å². The van der Waals surface area contributed by atoms with E-state index in [-0.39, 0.29) is 0 Å². The second kappa shape index (κ2) is 7.53. The number of nitrogens with one attached hydrogen (secondary N) is 1. The molecule has 0 spiro atoms. The summed E-state index contributed by atoms with van der Waals surface area (Å²) in [5.74, 6) is 1.27. The summed E-state index contributed by atoms with van der Waals surface area (Å²) in [5, 5.41) is 3.56. The molecule has 0 aliphatic heterocycles. The van der Waals surface area contributed by atoms with E-state index >= 15 is 0 Å². The normalized spacial score (nSPS) is 27.2. The van der Waals surface area contributed by atoms with E-state index in [0.29, 0.717) is 0 Å². The van der Waals surface area contributed by atoms with Gasteiger partial charge in [-0.25, -0.2) is 0 Å². The highest BCUT2D eigenvalue weighted by molar-refractivity contribution is 7.98. The number of hydrogen-bond donors (Lipinski definition) is 1. The molecular formula is C12H26N2S. The van der Waals surface area contributed by atoms with Gasteiger partial charge < -0.3 is 10.2 Å². The van der Waals surface area contributed by atoms with E-state index in [1.807, 2.05) is 11.8 Å². The molecule has 1 aliphatic carbocycles. The molecule has 1 N–H and O–H groups in total. The molecule has 3 heteroatoms. The van der Waals surface area contributed by atoms with Crippen molar-refractivity contribution in [2.24, 2.45) is 0 Å². The summed E-state index contributed by atoms with van der Waals surface area (Å²) in [7, 11) is 2.29. The Hall–Kier alpha value is 0.270. The second-order valence-electron chi connectivity index (χ2n) is 4.54. The van der Waals surface area contributed by atoms with Gasteiger partial charge in [-0.15, -0.1) is 0 Å². The smallest absolute Gasteiger partial charge is 0.00937 e. The summed E-state index contributed by atoms with van der Waals surface area (Å²) >= 11 is 1.95. The minimum Gasteiger partial charge on any atom is -0.314 e. The Morgan fingerprint density at radius 1 is 1.27 bits per heavy atom. The van der Waals surface area contributed by atoms with Crippen molar-refractivity contribution in [2.45, 2.75) is 44.7 Å². The average molecular weight is 230 g/mol. The number of hydrogen-bond acceptors (Lipinski definition) is 3. The Kier molecular flexibility index (Phi) is 6.69. The molecule has 0 radical (unpaired) electrons. The predicted molar refractivity (Wildman–Crippen MR) is 70.7 cm³/mol. The molecule has 2 nitrogen and oxygen atoms in total. The zero-order chi connectivity index (χ0) is 11.1. The molecule has 0 saturated heterocycles. The molecule has 15 heavy (non-hydrogen) atoms. The first-order valence-corrected chi connectivity index (χ1v) is 7.59. The average Bonchev–Trinajstić information content (AvgIpc) is 2.27. The molecule has 0 heterocycles. The summed E-state index contributed by atoms with van der Waals surface area (Å²) in [6, 6.07) is 1.63. The first-order valence-electron chi connectivity index (χ1n) is 6.20. The summed E-state index contributed by atoms with van der Waals surface area (Å²) in [6.07, 6.45) is 7.67. The van der Waals surface area contributed by atoms with Crippen molar-refractivity contribution < 1.29 is 0 Å². The van der Waals surface area contributed by atoms with E-state index in [4.69, 9.17) is 0 Å². The monoisotopic (exact) mass is 230 g/mol. The number of thioether (sulfide) groups is 1. The van der Waals surface area contributed by atoms with Gasteiger partial charge >= 0.3 is 0 Å². The van der Waals surface area contributed by atoms with Crippen LogP contribution in [0.15, 0.2) is 0 Å². The van der Waals surface area contributed by atoms with Crippen LogP contribution in [0.25, 0.3) is 0 Å². The van der Waals surface area contributed by atoms with E-state index in [1.165, 1.54) is 38.0 Å². The number of rotatable bonds is 6. The zero-order valence-corrected chi connectivity index (χ0v) is 11.3. The highest BCUT2D eigenvalue weighted by Crippen LogP contribution is 2.22. The molecule has 1 aliphatic rings. The van der Waals surface area contributed by atoms with Gasteiger partial charge in [0.1, 0.15) is 0 Å². The van der Waals surface area contributed by atoms with Crippen LogP contribution >= 0.6 is 11.8 Å². The fourth-order valence-corrected chi connectivity index (χ4v) is 2.90. The maximum atomic E-state index is 3.56. The molecule has 90 valence electrons. The predicted octanol–water partition coefficient (Wildman–Crippen LogP) is 2.20. The standard InChI is InChI=1S/C12H26N2S/c1-4-13-11-5-7-12(8-6-11)14(2)9-10-15-3/h11-13H,4-10H2,1-3H3. The van der Waals surface area contributed by atoms with Crippen LogP contribution in [-0.4, -0.2) is 49.1 Å². The largest absolute Gasteiger partial charge is 0.314 e. The molecule has 0 aromatic carbocycles. The van der Waals surface area contributed by atoms with Crippen LogP contribution in [0.4, 0.5) is 0 Å². The van der Waals surface area contributed by atoms with Crippen molar-refractivity contribution in [1.29, 1.82) is 0 Å². The first-order chi connectivity index (χ1) is 7.27. The van der Waals surface area contributed by atoms with E-state index in [1.54, 1.807) is 0 Å². The van der Waals surface area contributed by atoms with Crippen LogP contribution in [0.5, 0.6) is 0 Å². The third-order valence-corrected chi connectivity index (χ3v) is 4.05. The third kappa shape index (κ3) is 4.75. The lowest BCUT2D eigenvalue weighted by Crippen LogP contribution is -2.41. The van der Waals surface area contributed by atoms with Crippen molar-refractivity contribution in [1.82, 2.24) is 10.2 Å². The fraction of sp³-hybridized carbons (Fsp3) is 1.00. The molecule has 0 amide bonds. The number of nitrogens with zero attached hydrogens (tertiary/aromatic N) is 1. The van der Waals surface area contributed by atoms with Crippen molar-refractivity contribution >= 4 is 11.8 Å². The first kappa shape index (κ1) is 13.3. The molecule has 0 aromatic rings. The summed E-state index contributed by atoms with van der Waals surface area (Å²) in [4.78, 5) is 2.55. The summed E-state index contributed by atoms with van der Waals surface area (Å²) in [5.41, 5.74) is 0. The van der Waals surface area contributed by atoms with Gasteiger partial charge in [0.05, 0.1) is 0 Å². The van der Waals surface area contributed by atoms with Crippen molar-refractivity contribution in [3.8, 4) is 0 Å². The Bertz CT molecular complexity index is 156. The van der Waals surface area contributed by atoms with Gasteiger partial charge in [-0.1, -0.05) is 6.92 Å². The van der Waals surface area contributed by atoms with Gasteiger partial charge in [-0.2, -0.15) is 11.8 Å². The Balaban J connectivity index is 2.18. The van der Waals surface area contributed by atoms with Gasteiger partial charge in [-0.3, -0.25) is 0 Å². The molecule has 0 atom stereocenters. The van der Waals surface area contributed by atoms with Crippen LogP contribution in [0, 0.1) is 0 Å². The third-order valence-electron chi connectivity index (χ3n) is 3.46. The van der Waals surface area contributed by atoms with Crippen LogP contribution in [-0.2, 0) is 0 Å². The molecule has 0 unspecified atom stereocenters. The van der Waals surface area contributed by atoms with Crippen LogP contribution < -0.4 is 5.32 Å². The molecular weight excluding hydrogens is 204 g/mol. The topological polar surface area (TPSA) is 15.3 Å². The minimum atomic E-state index is 0.792. The zero-order valence-electron chi connectivity index (χ0n) is 10.5. The molecule has 1 fully saturated rings. The molecule has 0 aromatic heterocycles. The maximum Gasteiger partial charge on any atom is 0.00937 e. The summed E-state index contributed by atoms with van der Waals surface area (Å²) < 4.78 is 0. The minimum absolute atomic E-state index is 0.792. The van der Waals surface area contributed by atoms with Crippen molar-refractivity contribution in [3.05, 3.63) is 0 Å². The Morgan fingerprint density at radius 3 is 2.47 bits per heavy atom. The van der Waals surface area contributed by atoms with Crippen LogP contribution in [0.1, 0.15) is 32.6 Å². The molecule has 1 saturated carbocycles. The van der Waals surface area contributed by atoms with Crippen LogP contribution in [0.2, 0.25) is 0 Å². The highest BCUT2D eigenvalue weighted by Gasteiger charge is 2.22. The second-order valence-corrected chi connectivity index (χ2v) is 5.52. The van der Waals surface area contributed by atoms with Gasteiger partial charge in [0, 0.05) is 24.4 Å². The lowest BCUT2D eigenvalue weighted by molar-refractivity contribution is 0.183. The lowest BCUT2D eigenvalue weighted by Gasteiger charge is -2.34. The lowest BCUT2D eigenvalue weighted by atomic mass is 9.90. The Labute approximate surface area is 99.2 Å². The van der Waals surface area contributed by atoms with Gasteiger partial charge in [0.2, 0.25) is 0 Å². The molecule has 1 rings (SSSR count). The van der Waals surface area contributed by atoms with E-state index in [9.17, 15) is 0 Å². The van der Waals surface area contributed by atoms with Crippen molar-refractivity contribution in [3.63, 3.8) is 0 Å². The fourth-order valence-electron chi connectivity index (χ4n) is 2.43. The highest BCUT2D eigenvalue weighted by atomic mass is 32.2. The molecule has 0 bridgehead atoms. The van der Waals surface area contributed by atoms with E-state index < -0.39 is 0 Å². The summed E-state index contributed by atoms with van der Waals surface area (Å²) in [6.45, 7) is 4.58. The van der Waals surface area contributed by atoms with Crippen molar-refractivity contribution in [2.75, 3.05) is 32.1 Å². The van der Waals surface area contributed by atoms with E-state index in [2.05, 4.69) is 30.4 Å². The van der Waals surface area contributed by atoms with Gasteiger partial charge in [-0.05, 0) is 45.5 Å². The van der Waals surface area contributed by atoms with Gasteiger partial charge in [0.25, 0.3) is 0 Å². The quantitative estimate of drug-likeness (QED) is 0.753. The SMILES string of the molecule is CCNC1CCC(N(C)CCSC)CC1. The maximum absolute atomic E-state index is 3.56.